The van der Waals surface area contributed by atoms with Gasteiger partial charge in [0.15, 0.2) is 25.3 Å². The van der Waals surface area contributed by atoms with Crippen LogP contribution in [0, 0.1) is 0 Å². The molecule has 0 radical (unpaired) electrons. The molecule has 0 aromatic carbocycles. The van der Waals surface area contributed by atoms with Gasteiger partial charge in [-0.1, -0.05) is 33.5 Å². The summed E-state index contributed by atoms with van der Waals surface area (Å²) in [5.74, 6) is 0. The van der Waals surface area contributed by atoms with Crippen LogP contribution < -0.4 is 14.1 Å². The van der Waals surface area contributed by atoms with Crippen LogP contribution in [0.2, 0.25) is 0 Å². The molecule has 0 N–H and O–H groups in total. The molecule has 1 aliphatic rings. The van der Waals surface area contributed by atoms with Crippen molar-refractivity contribution in [2.45, 2.75) is 18.3 Å². The molecule has 1 fully saturated rings. The summed E-state index contributed by atoms with van der Waals surface area (Å²) in [6.45, 7) is 0. The molecule has 50 heavy (non-hydrogen) atoms. The van der Waals surface area contributed by atoms with E-state index < -0.39 is 97.5 Å². The number of halogens is 33. The van der Waals surface area contributed by atoms with Crippen LogP contribution in [0.1, 0.15) is 6.42 Å². The molecule has 0 amide bonds. The Kier molecular flexibility index (Phi) is 51.5. The van der Waals surface area contributed by atoms with Crippen molar-refractivity contribution in [3.8, 4) is 0 Å². The second kappa shape index (κ2) is 34.1. The summed E-state index contributed by atoms with van der Waals surface area (Å²) in [7, 11) is -38.5. The zero-order chi connectivity index (χ0) is 39.3. The molecule has 1 rings (SSSR count). The van der Waals surface area contributed by atoms with Gasteiger partial charge in [-0.05, 0) is 6.42 Å². The first-order valence-electron chi connectivity index (χ1n) is 8.09. The zero-order valence-corrected chi connectivity index (χ0v) is 27.9. The predicted molar refractivity (Wildman–Crippen MR) is 118 cm³/mol. The van der Waals surface area contributed by atoms with Crippen LogP contribution in [0.25, 0.3) is 0 Å². The molecule has 1 aliphatic heterocycles. The van der Waals surface area contributed by atoms with Crippen molar-refractivity contribution in [1.82, 2.24) is 10.9 Å². The maximum atomic E-state index is 12.0. The van der Waals surface area contributed by atoms with Gasteiger partial charge in [0.05, 0.1) is 0 Å². The third-order valence-electron chi connectivity index (χ3n) is 1.86. The molecule has 1 saturated heterocycles. The van der Waals surface area contributed by atoms with E-state index in [4.69, 9.17) is 0 Å². The summed E-state index contributed by atoms with van der Waals surface area (Å²) in [5, 5.41) is 0. The molecule has 2 atom stereocenters. The van der Waals surface area contributed by atoms with Gasteiger partial charge in [0.25, 0.3) is 0 Å². The molecule has 322 valence electrons. The van der Waals surface area contributed by atoms with Gasteiger partial charge in [-0.15, -0.1) is 0 Å². The van der Waals surface area contributed by atoms with Crippen LogP contribution in [0.5, 0.6) is 0 Å². The van der Waals surface area contributed by atoms with Crippen molar-refractivity contribution in [3.05, 3.63) is 0 Å². The average Bonchev–Trinajstić information content (AvgIpc) is 2.87. The number of hydrazine groups is 1. The molecule has 0 aliphatic carbocycles. The van der Waals surface area contributed by atoms with Gasteiger partial charge in [-0.3, -0.25) is 0 Å². The summed E-state index contributed by atoms with van der Waals surface area (Å²) in [6, 6.07) is 0. The predicted octanol–water partition coefficient (Wildman–Crippen LogP) is 3.25. The second-order valence-electron chi connectivity index (χ2n) is 5.08. The van der Waals surface area contributed by atoms with Crippen molar-refractivity contribution < 1.29 is 148 Å². The van der Waals surface area contributed by atoms with E-state index in [1.165, 1.54) is 0 Å². The fourth-order valence-electron chi connectivity index (χ4n) is 0.964. The molecule has 46 heteroatoms. The number of hydrogen-bond donors (Lipinski definition) is 0. The Morgan fingerprint density at radius 2 is 0.740 bits per heavy atom. The third-order valence-corrected chi connectivity index (χ3v) is 7.14. The number of hydrogen-bond acceptors (Lipinski definition) is 4. The van der Waals surface area contributed by atoms with E-state index in [-0.39, 0.29) is 44.3 Å². The summed E-state index contributed by atoms with van der Waals surface area (Å²) in [5.41, 5.74) is -8.32. The summed E-state index contributed by atoms with van der Waals surface area (Å²) >= 11 is -6.17. The molecule has 0 spiro atoms. The third kappa shape index (κ3) is 97.5. The molecule has 0 bridgehead atoms. The van der Waals surface area contributed by atoms with Gasteiger partial charge in [-0.25, -0.2) is 57.9 Å². The first kappa shape index (κ1) is 75.5. The van der Waals surface area contributed by atoms with Gasteiger partial charge in [0, 0.05) is 6.16 Å². The van der Waals surface area contributed by atoms with Gasteiger partial charge in [0.2, 0.25) is 0 Å². The van der Waals surface area contributed by atoms with Crippen molar-refractivity contribution in [1.29, 1.82) is 0 Å². The van der Waals surface area contributed by atoms with Gasteiger partial charge < -0.3 is 22.3 Å². The molecule has 1 heterocycles. The number of alkyl halides is 3. The van der Waals surface area contributed by atoms with Crippen molar-refractivity contribution >= 4 is 92.4 Å². The van der Waals surface area contributed by atoms with E-state index in [1.807, 2.05) is 8.23 Å². The van der Waals surface area contributed by atoms with E-state index in [0.29, 0.717) is 0 Å². The Morgan fingerprint density at radius 1 is 0.580 bits per heavy atom. The molecule has 2 unspecified atom stereocenters. The first-order chi connectivity index (χ1) is 19.6. The fraction of sp³-hybridized carbons (Fsp3) is 1.00. The fourth-order valence-corrected chi connectivity index (χ4v) is 4.25. The van der Waals surface area contributed by atoms with Gasteiger partial charge in [-0.2, -0.15) is 34.0 Å². The topological polar surface area (TPSA) is 24.9 Å². The summed E-state index contributed by atoms with van der Waals surface area (Å²) in [4.78, 5) is 0. The number of nitrogens with zero attached hydrogens (tertiary/aromatic N) is 2. The Balaban J connectivity index is -0.0000000471. The molecular weight excluding hydrogens is 1040 g/mol. The van der Waals surface area contributed by atoms with E-state index in [2.05, 4.69) is 0 Å². The minimum atomic E-state index is -6.86. The molecule has 4 nitrogen and oxygen atoms in total. The molecule has 0 saturated carbocycles. The summed E-state index contributed by atoms with van der Waals surface area (Å²) in [6.07, 6.45) is -2.85. The van der Waals surface area contributed by atoms with E-state index in [0.717, 1.165) is 0 Å². The van der Waals surface area contributed by atoms with E-state index in [9.17, 15) is 125 Å². The van der Waals surface area contributed by atoms with Crippen LogP contribution in [-0.4, -0.2) is 83.8 Å². The Hall–Kier alpha value is 0.580. The van der Waals surface area contributed by atoms with Crippen molar-refractivity contribution in [2.75, 3.05) is 6.16 Å². The average molecular weight is 1050 g/mol. The van der Waals surface area contributed by atoms with E-state index >= 15 is 0 Å². The summed E-state index contributed by atoms with van der Waals surface area (Å²) < 4.78 is 319. The minimum absolute atomic E-state index is 0. The van der Waals surface area contributed by atoms with Gasteiger partial charge >= 0.3 is 89.8 Å². The Bertz CT molecular complexity index is 625. The zero-order valence-electron chi connectivity index (χ0n) is 20.4. The Labute approximate surface area is 275 Å². The van der Waals surface area contributed by atoms with Gasteiger partial charge in [0.1, 0.15) is 0 Å². The second-order valence-corrected chi connectivity index (χ2v) is 13.5. The van der Waals surface area contributed by atoms with Crippen LogP contribution in [0.15, 0.2) is 0 Å². The number of rotatable bonds is 5. The molecular formula is C4H9F33GeN2O2P3SSi4-3. The SMILES string of the molecule is FC1CCP(F)C1(F)F.FN(F)N(F)F.FP(F)F.FP(F)F.FS(F)(F)F.F[Si](F)(F)O[Si](F)(F)F.F[Si](F)(F)O[Si](F)(F)F.[F-].[F-].[F-].[GeH4]. The molecule has 0 aromatic heterocycles. The maximum absolute atomic E-state index is 12.0. The quantitative estimate of drug-likeness (QED) is 0.106. The monoisotopic (exact) mass is 1050 g/mol. The van der Waals surface area contributed by atoms with Crippen LogP contribution in [-0.2, 0) is 8.23 Å². The van der Waals surface area contributed by atoms with Crippen molar-refractivity contribution in [3.63, 3.8) is 0 Å². The normalized spacial score (nSPS) is 16.8. The van der Waals surface area contributed by atoms with Crippen LogP contribution in [0.4, 0.5) is 125 Å². The standard InChI is InChI=1S/C4H5F4P.2F6OSi2.F4N2.F4S.2F3P.3FH.GeH4/c5-3-1-2-9(8)4(3,6)7;2*1-8(2,3)7-9(4,5)6;1-5(2)6(3)4;1-5(2,3)4;2*1-4(2)3;;;;/h3H,1-2H2;;;;;;;3*1H;1H4/p-3. The van der Waals surface area contributed by atoms with Crippen LogP contribution >= 0.6 is 37.5 Å². The first-order valence-corrected chi connectivity index (χ1v) is 18.9. The van der Waals surface area contributed by atoms with Crippen molar-refractivity contribution in [2.24, 2.45) is 0 Å². The Morgan fingerprint density at radius 3 is 0.760 bits per heavy atom. The molecule has 0 aromatic rings. The van der Waals surface area contributed by atoms with Crippen LogP contribution in [0.3, 0.4) is 0 Å². The van der Waals surface area contributed by atoms with E-state index in [1.54, 1.807) is 0 Å².